The summed E-state index contributed by atoms with van der Waals surface area (Å²) in [6, 6.07) is 11.2. The Morgan fingerprint density at radius 2 is 1.49 bits per heavy atom. The largest absolute Gasteiger partial charge is 0.490 e. The van der Waals surface area contributed by atoms with Gasteiger partial charge in [-0.1, -0.05) is 30.3 Å². The second kappa shape index (κ2) is 13.5. The number of aliphatic carboxylic acids is 2. The third-order valence-electron chi connectivity index (χ3n) is 7.87. The van der Waals surface area contributed by atoms with E-state index in [-0.39, 0.29) is 5.56 Å². The molecule has 0 saturated carbocycles. The Labute approximate surface area is 243 Å². The van der Waals surface area contributed by atoms with E-state index >= 15 is 0 Å². The van der Waals surface area contributed by atoms with Crippen LogP contribution in [0.5, 0.6) is 0 Å². The zero-order valence-electron chi connectivity index (χ0n) is 23.7. The molecule has 3 aliphatic rings. The van der Waals surface area contributed by atoms with Crippen LogP contribution in [0.15, 0.2) is 35.1 Å². The topological polar surface area (TPSA) is 116 Å². The number of carboxylic acids is 2. The van der Waals surface area contributed by atoms with Crippen LogP contribution in [-0.4, -0.2) is 79.5 Å². The molecule has 1 aromatic carbocycles. The SMILES string of the molecule is CC(C)N1CCC2(CC1)Cc1nc(=O)c3c(n1C2)CCN(Cc1ccccc1)C3.O=C(O)C(F)(F)F.O=C(O)C(F)(F)F. The Balaban J connectivity index is 0.000000303. The minimum Gasteiger partial charge on any atom is -0.475 e. The van der Waals surface area contributed by atoms with E-state index in [9.17, 15) is 31.1 Å². The molecule has 2 N–H and O–H groups in total. The van der Waals surface area contributed by atoms with Gasteiger partial charge in [0.1, 0.15) is 5.82 Å². The Hall–Kier alpha value is -3.46. The van der Waals surface area contributed by atoms with Crippen molar-refractivity contribution in [2.24, 2.45) is 5.41 Å². The molecule has 9 nitrogen and oxygen atoms in total. The van der Waals surface area contributed by atoms with E-state index in [2.05, 4.69) is 63.5 Å². The number of fused-ring (bicyclic) bond motifs is 3. The predicted molar refractivity (Wildman–Crippen MR) is 142 cm³/mol. The van der Waals surface area contributed by atoms with Gasteiger partial charge in [-0.15, -0.1) is 0 Å². The van der Waals surface area contributed by atoms with Crippen molar-refractivity contribution >= 4 is 11.9 Å². The van der Waals surface area contributed by atoms with Crippen LogP contribution in [0.4, 0.5) is 26.3 Å². The van der Waals surface area contributed by atoms with Crippen LogP contribution in [0.3, 0.4) is 0 Å². The van der Waals surface area contributed by atoms with E-state index < -0.39 is 24.3 Å². The number of hydrogen-bond donors (Lipinski definition) is 2. The first-order valence-electron chi connectivity index (χ1n) is 13.6. The average molecular weight is 621 g/mol. The lowest BCUT2D eigenvalue weighted by Gasteiger charge is -2.40. The van der Waals surface area contributed by atoms with Gasteiger partial charge in [0.05, 0.1) is 5.56 Å². The highest BCUT2D eigenvalue weighted by molar-refractivity contribution is 5.73. The summed E-state index contributed by atoms with van der Waals surface area (Å²) in [5.41, 5.74) is 3.84. The molecule has 3 aliphatic heterocycles. The number of benzene rings is 1. The molecule has 1 saturated heterocycles. The third-order valence-corrected chi connectivity index (χ3v) is 7.87. The van der Waals surface area contributed by atoms with Gasteiger partial charge in [0.15, 0.2) is 0 Å². The summed E-state index contributed by atoms with van der Waals surface area (Å²) < 4.78 is 65.9. The summed E-state index contributed by atoms with van der Waals surface area (Å²) in [6.07, 6.45) is -5.79. The van der Waals surface area contributed by atoms with Crippen LogP contribution < -0.4 is 5.56 Å². The summed E-state index contributed by atoms with van der Waals surface area (Å²) in [6.45, 7) is 10.6. The lowest BCUT2D eigenvalue weighted by Crippen LogP contribution is -2.44. The molecule has 43 heavy (non-hydrogen) atoms. The first-order valence-corrected chi connectivity index (χ1v) is 13.6. The van der Waals surface area contributed by atoms with Gasteiger partial charge >= 0.3 is 24.3 Å². The molecule has 0 bridgehead atoms. The van der Waals surface area contributed by atoms with E-state index in [1.54, 1.807) is 0 Å². The molecule has 0 atom stereocenters. The van der Waals surface area contributed by atoms with Crippen LogP contribution in [0, 0.1) is 5.41 Å². The minimum absolute atomic E-state index is 0.0145. The number of hydrogen-bond acceptors (Lipinski definition) is 6. The van der Waals surface area contributed by atoms with E-state index in [0.717, 1.165) is 50.4 Å². The molecular formula is C28H34F6N4O5. The van der Waals surface area contributed by atoms with Crippen molar-refractivity contribution in [1.82, 2.24) is 19.4 Å². The number of carbonyl (C=O) groups is 2. The number of piperidine rings is 1. The van der Waals surface area contributed by atoms with Gasteiger partial charge in [-0.3, -0.25) is 9.69 Å². The first kappa shape index (κ1) is 34.0. The van der Waals surface area contributed by atoms with Crippen molar-refractivity contribution in [2.75, 3.05) is 19.6 Å². The second-order valence-corrected chi connectivity index (χ2v) is 11.2. The highest BCUT2D eigenvalue weighted by Gasteiger charge is 2.43. The normalized spacial score (nSPS) is 18.2. The molecule has 5 rings (SSSR count). The van der Waals surface area contributed by atoms with E-state index in [4.69, 9.17) is 19.8 Å². The van der Waals surface area contributed by atoms with Crippen LogP contribution >= 0.6 is 0 Å². The Morgan fingerprint density at radius 1 is 0.953 bits per heavy atom. The van der Waals surface area contributed by atoms with Crippen LogP contribution in [0.25, 0.3) is 0 Å². The Kier molecular flexibility index (Phi) is 10.6. The number of carboxylic acid groups (broad SMARTS) is 2. The van der Waals surface area contributed by atoms with Crippen LogP contribution in [0.1, 0.15) is 49.3 Å². The fraction of sp³-hybridized carbons (Fsp3) is 0.571. The molecule has 1 fully saturated rings. The molecule has 15 heteroatoms. The van der Waals surface area contributed by atoms with Gasteiger partial charge < -0.3 is 19.7 Å². The lowest BCUT2D eigenvalue weighted by molar-refractivity contribution is -0.193. The number of aromatic nitrogens is 2. The maximum Gasteiger partial charge on any atom is 0.490 e. The molecule has 4 heterocycles. The fourth-order valence-electron chi connectivity index (χ4n) is 5.57. The quantitative estimate of drug-likeness (QED) is 0.493. The molecule has 1 spiro atoms. The summed E-state index contributed by atoms with van der Waals surface area (Å²) in [5, 5.41) is 14.2. The number of alkyl halides is 6. The van der Waals surface area contributed by atoms with Crippen molar-refractivity contribution in [2.45, 2.75) is 77.6 Å². The van der Waals surface area contributed by atoms with Crippen LogP contribution in [-0.2, 0) is 42.1 Å². The maximum atomic E-state index is 12.9. The van der Waals surface area contributed by atoms with Gasteiger partial charge in [-0.25, -0.2) is 9.59 Å². The molecule has 0 unspecified atom stereocenters. The highest BCUT2D eigenvalue weighted by Crippen LogP contribution is 2.42. The van der Waals surface area contributed by atoms with E-state index in [1.807, 2.05) is 0 Å². The van der Waals surface area contributed by atoms with Crippen molar-refractivity contribution in [1.29, 1.82) is 0 Å². The van der Waals surface area contributed by atoms with Crippen molar-refractivity contribution < 1.29 is 46.1 Å². The number of rotatable bonds is 3. The number of halogens is 6. The van der Waals surface area contributed by atoms with Crippen LogP contribution in [0.2, 0.25) is 0 Å². The van der Waals surface area contributed by atoms with Crippen molar-refractivity contribution in [3.05, 3.63) is 63.3 Å². The summed E-state index contributed by atoms with van der Waals surface area (Å²) in [5.74, 6) is -4.47. The van der Waals surface area contributed by atoms with Gasteiger partial charge in [0.25, 0.3) is 5.56 Å². The third kappa shape index (κ3) is 9.02. The molecule has 0 amide bonds. The number of likely N-dealkylation sites (tertiary alicyclic amines) is 1. The Morgan fingerprint density at radius 3 is 1.98 bits per heavy atom. The van der Waals surface area contributed by atoms with Gasteiger partial charge in [-0.05, 0) is 50.8 Å². The summed E-state index contributed by atoms with van der Waals surface area (Å²) in [7, 11) is 0. The van der Waals surface area contributed by atoms with Gasteiger partial charge in [0.2, 0.25) is 0 Å². The average Bonchev–Trinajstić information content (AvgIpc) is 3.26. The minimum atomic E-state index is -5.08. The highest BCUT2D eigenvalue weighted by atomic mass is 19.4. The molecule has 0 radical (unpaired) electrons. The lowest BCUT2D eigenvalue weighted by atomic mass is 9.77. The molecular weight excluding hydrogens is 586 g/mol. The fourth-order valence-corrected chi connectivity index (χ4v) is 5.57. The first-order chi connectivity index (χ1) is 19.9. The van der Waals surface area contributed by atoms with E-state index in [0.29, 0.717) is 11.5 Å². The van der Waals surface area contributed by atoms with Crippen molar-refractivity contribution in [3.63, 3.8) is 0 Å². The molecule has 0 aliphatic carbocycles. The van der Waals surface area contributed by atoms with E-state index in [1.165, 1.54) is 37.2 Å². The van der Waals surface area contributed by atoms with Crippen molar-refractivity contribution in [3.8, 4) is 0 Å². The Bertz CT molecular complexity index is 1310. The maximum absolute atomic E-state index is 12.9. The zero-order chi connectivity index (χ0) is 32.2. The number of nitrogens with zero attached hydrogens (tertiary/aromatic N) is 4. The van der Waals surface area contributed by atoms with Gasteiger partial charge in [0, 0.05) is 50.8 Å². The van der Waals surface area contributed by atoms with Gasteiger partial charge in [-0.2, -0.15) is 31.3 Å². The predicted octanol–water partition coefficient (Wildman–Crippen LogP) is 4.11. The molecule has 238 valence electrons. The smallest absolute Gasteiger partial charge is 0.475 e. The zero-order valence-corrected chi connectivity index (χ0v) is 23.7. The summed E-state index contributed by atoms with van der Waals surface area (Å²) in [4.78, 5) is 40.2. The summed E-state index contributed by atoms with van der Waals surface area (Å²) >= 11 is 0. The molecule has 2 aromatic rings. The second-order valence-electron chi connectivity index (χ2n) is 11.2. The monoisotopic (exact) mass is 620 g/mol. The molecule has 1 aromatic heterocycles. The standard InChI is InChI=1S/C24H32N4O.2C2HF3O2/c1-18(2)27-12-9-24(10-13-27)14-22-25-23(29)20-16-26(11-8-21(20)28(22)17-24)15-19-6-4-3-5-7-19;2*3-2(4,5)1(6)7/h3-7,18H,8-17H2,1-2H3;2*(H,6,7).